The number of rotatable bonds is 11. The molecule has 1 aromatic heterocycles. The van der Waals surface area contributed by atoms with Crippen LogP contribution in [0.1, 0.15) is 72.4 Å². The number of hydrogen-bond donors (Lipinski definition) is 1. The number of sulfonamides is 1. The van der Waals surface area contributed by atoms with Gasteiger partial charge in [0, 0.05) is 25.7 Å². The fraction of sp³-hybridized carbons (Fsp3) is 0.457. The molecule has 11 nitrogen and oxygen atoms in total. The van der Waals surface area contributed by atoms with Crippen molar-refractivity contribution in [3.8, 4) is 28.6 Å². The van der Waals surface area contributed by atoms with Crippen LogP contribution in [-0.2, 0) is 37.4 Å². The highest BCUT2D eigenvalue weighted by Crippen LogP contribution is 2.33. The van der Waals surface area contributed by atoms with Crippen LogP contribution in [0.3, 0.4) is 0 Å². The molecule has 0 saturated carbocycles. The van der Waals surface area contributed by atoms with Gasteiger partial charge in [-0.3, -0.25) is 0 Å². The summed E-state index contributed by atoms with van der Waals surface area (Å²) in [6.45, 7) is 12.5. The Morgan fingerprint density at radius 3 is 2.22 bits per heavy atom. The standard InChI is InChI=1S/C35H43F2N3O8S/c1-8-29(32(41)47-34(2,3)4)46-31-28(37)19-27(36)30(39-31)45-26-17-23(21-40-13-10-14-49(40,43)44)16-25(18-26)24-12-9-11-22(15-24)20-38-33(42)48-35(5,6)7/h9,11-12,15-19,29H,8,10,13-14,20-21H2,1-7H3,(H,38,42)/t29-/m1/s1. The molecule has 0 unspecified atom stereocenters. The Labute approximate surface area is 286 Å². The summed E-state index contributed by atoms with van der Waals surface area (Å²) in [5, 5.41) is 2.72. The topological polar surface area (TPSA) is 133 Å². The fourth-order valence-corrected chi connectivity index (χ4v) is 6.40. The summed E-state index contributed by atoms with van der Waals surface area (Å²) < 4.78 is 78.5. The molecule has 3 aromatic rings. The van der Waals surface area contributed by atoms with Crippen molar-refractivity contribution in [2.75, 3.05) is 12.3 Å². The summed E-state index contributed by atoms with van der Waals surface area (Å²) in [5.41, 5.74) is 1.11. The number of amides is 1. The van der Waals surface area contributed by atoms with E-state index in [-0.39, 0.29) is 31.0 Å². The van der Waals surface area contributed by atoms with Crippen molar-refractivity contribution in [1.29, 1.82) is 0 Å². The smallest absolute Gasteiger partial charge is 0.407 e. The van der Waals surface area contributed by atoms with E-state index in [4.69, 9.17) is 18.9 Å². The zero-order valence-corrected chi connectivity index (χ0v) is 29.6. The number of benzene rings is 2. The van der Waals surface area contributed by atoms with Crippen molar-refractivity contribution in [2.24, 2.45) is 0 Å². The number of esters is 1. The van der Waals surface area contributed by atoms with Crippen molar-refractivity contribution >= 4 is 22.1 Å². The van der Waals surface area contributed by atoms with Gasteiger partial charge in [0.2, 0.25) is 10.0 Å². The third kappa shape index (κ3) is 10.8. The number of nitrogens with zero attached hydrogens (tertiary/aromatic N) is 2. The number of halogens is 2. The number of carbonyl (C=O) groups excluding carboxylic acids is 2. The highest BCUT2D eigenvalue weighted by Gasteiger charge is 2.30. The molecule has 1 aliphatic heterocycles. The molecule has 1 aliphatic rings. The molecule has 2 aromatic carbocycles. The van der Waals surface area contributed by atoms with Crippen molar-refractivity contribution in [2.45, 2.75) is 91.7 Å². The molecule has 1 amide bonds. The zero-order chi connectivity index (χ0) is 36.1. The molecule has 1 N–H and O–H groups in total. The average molecular weight is 704 g/mol. The zero-order valence-electron chi connectivity index (χ0n) is 28.8. The lowest BCUT2D eigenvalue weighted by molar-refractivity contribution is -0.163. The largest absolute Gasteiger partial charge is 0.460 e. The van der Waals surface area contributed by atoms with Crippen molar-refractivity contribution in [1.82, 2.24) is 14.6 Å². The normalized spacial score (nSPS) is 15.4. The van der Waals surface area contributed by atoms with Crippen molar-refractivity contribution in [3.05, 3.63) is 71.3 Å². The molecular formula is C35H43F2N3O8S. The molecule has 0 radical (unpaired) electrons. The summed E-state index contributed by atoms with van der Waals surface area (Å²) in [6, 6.07) is 12.7. The highest BCUT2D eigenvalue weighted by atomic mass is 32.2. The van der Waals surface area contributed by atoms with E-state index in [1.54, 1.807) is 72.7 Å². The van der Waals surface area contributed by atoms with E-state index >= 15 is 4.39 Å². The van der Waals surface area contributed by atoms with Gasteiger partial charge >= 0.3 is 12.1 Å². The first-order chi connectivity index (χ1) is 22.8. The first-order valence-corrected chi connectivity index (χ1v) is 17.5. The molecule has 1 fully saturated rings. The lowest BCUT2D eigenvalue weighted by atomic mass is 10.0. The maximum atomic E-state index is 15.1. The van der Waals surface area contributed by atoms with Gasteiger partial charge in [-0.05, 0) is 101 Å². The van der Waals surface area contributed by atoms with Crippen LogP contribution in [0.15, 0.2) is 48.5 Å². The van der Waals surface area contributed by atoms with Gasteiger partial charge in [-0.2, -0.15) is 9.29 Å². The quantitative estimate of drug-likeness (QED) is 0.212. The van der Waals surface area contributed by atoms with Gasteiger partial charge in [-0.1, -0.05) is 25.1 Å². The molecule has 49 heavy (non-hydrogen) atoms. The maximum absolute atomic E-state index is 15.1. The third-order valence-corrected chi connectivity index (χ3v) is 8.90. The van der Waals surface area contributed by atoms with Crippen LogP contribution in [0.25, 0.3) is 11.1 Å². The molecule has 0 bridgehead atoms. The molecular weight excluding hydrogens is 660 g/mol. The Morgan fingerprint density at radius 1 is 0.918 bits per heavy atom. The summed E-state index contributed by atoms with van der Waals surface area (Å²) in [6.07, 6.45) is -1.17. The van der Waals surface area contributed by atoms with Gasteiger partial charge in [0.1, 0.15) is 17.0 Å². The predicted molar refractivity (Wildman–Crippen MR) is 179 cm³/mol. The number of aromatic nitrogens is 1. The Bertz CT molecular complexity index is 1790. The molecule has 1 saturated heterocycles. The Balaban J connectivity index is 1.66. The molecule has 2 heterocycles. The molecule has 1 atom stereocenters. The second kappa shape index (κ2) is 15.1. The Kier molecular flexibility index (Phi) is 11.5. The summed E-state index contributed by atoms with van der Waals surface area (Å²) in [5.74, 6) is -4.15. The van der Waals surface area contributed by atoms with E-state index in [1.165, 1.54) is 4.31 Å². The number of hydrogen-bond acceptors (Lipinski definition) is 9. The van der Waals surface area contributed by atoms with Crippen LogP contribution in [0.4, 0.5) is 13.6 Å². The molecule has 4 rings (SSSR count). The third-order valence-electron chi connectivity index (χ3n) is 7.00. The fourth-order valence-electron chi connectivity index (χ4n) is 4.90. The van der Waals surface area contributed by atoms with Crippen molar-refractivity contribution in [3.63, 3.8) is 0 Å². The minimum atomic E-state index is -3.45. The Hall–Kier alpha value is -4.30. The van der Waals surface area contributed by atoms with Gasteiger partial charge in [-0.25, -0.2) is 26.8 Å². The maximum Gasteiger partial charge on any atom is 0.407 e. The summed E-state index contributed by atoms with van der Waals surface area (Å²) in [7, 11) is -3.45. The molecule has 266 valence electrons. The number of nitrogens with one attached hydrogen (secondary N) is 1. The van der Waals surface area contributed by atoms with E-state index in [9.17, 15) is 22.4 Å². The predicted octanol–water partition coefficient (Wildman–Crippen LogP) is 6.88. The lowest BCUT2D eigenvalue weighted by Gasteiger charge is -2.23. The second-order valence-corrected chi connectivity index (χ2v) is 15.7. The summed E-state index contributed by atoms with van der Waals surface area (Å²) in [4.78, 5) is 28.7. The number of carbonyl (C=O) groups is 2. The average Bonchev–Trinajstić information content (AvgIpc) is 3.32. The van der Waals surface area contributed by atoms with Gasteiger partial charge in [0.25, 0.3) is 11.8 Å². The second-order valence-electron chi connectivity index (χ2n) is 13.6. The van der Waals surface area contributed by atoms with E-state index < -0.39 is 62.8 Å². The van der Waals surface area contributed by atoms with E-state index in [0.29, 0.717) is 35.7 Å². The molecule has 0 aliphatic carbocycles. The number of ether oxygens (including phenoxy) is 4. The highest BCUT2D eigenvalue weighted by molar-refractivity contribution is 7.89. The first-order valence-electron chi connectivity index (χ1n) is 15.9. The SMILES string of the molecule is CC[C@@H](Oc1nc(Oc2cc(CN3CCCS3(=O)=O)cc(-c3cccc(CNC(=O)OC(C)(C)C)c3)c2)c(F)cc1F)C(=O)OC(C)(C)C. The van der Waals surface area contributed by atoms with Crippen LogP contribution in [0.5, 0.6) is 17.5 Å². The van der Waals surface area contributed by atoms with Crippen LogP contribution in [-0.4, -0.2) is 59.4 Å². The number of alkyl carbamates (subject to hydrolysis) is 1. The number of pyridine rings is 1. The van der Waals surface area contributed by atoms with Crippen LogP contribution in [0.2, 0.25) is 0 Å². The van der Waals surface area contributed by atoms with Gasteiger partial charge < -0.3 is 24.3 Å². The van der Waals surface area contributed by atoms with Gasteiger partial charge in [0.15, 0.2) is 17.7 Å². The first kappa shape index (κ1) is 37.5. The Morgan fingerprint density at radius 2 is 1.59 bits per heavy atom. The van der Waals surface area contributed by atoms with E-state index in [0.717, 1.165) is 5.56 Å². The van der Waals surface area contributed by atoms with Crippen LogP contribution < -0.4 is 14.8 Å². The van der Waals surface area contributed by atoms with Crippen molar-refractivity contribution < 1.29 is 45.7 Å². The summed E-state index contributed by atoms with van der Waals surface area (Å²) >= 11 is 0. The van der Waals surface area contributed by atoms with E-state index in [1.807, 2.05) is 18.2 Å². The van der Waals surface area contributed by atoms with Crippen LogP contribution >= 0.6 is 0 Å². The monoisotopic (exact) mass is 703 g/mol. The molecule has 0 spiro atoms. The van der Waals surface area contributed by atoms with Crippen LogP contribution in [0, 0.1) is 11.6 Å². The lowest BCUT2D eigenvalue weighted by Crippen LogP contribution is -2.35. The molecule has 14 heteroatoms. The minimum absolute atomic E-state index is 0.0359. The minimum Gasteiger partial charge on any atom is -0.460 e. The van der Waals surface area contributed by atoms with E-state index in [2.05, 4.69) is 10.3 Å². The van der Waals surface area contributed by atoms with Gasteiger partial charge in [0.05, 0.1) is 5.75 Å². The van der Waals surface area contributed by atoms with Gasteiger partial charge in [-0.15, -0.1) is 0 Å².